The van der Waals surface area contributed by atoms with Gasteiger partial charge in [-0.3, -0.25) is 0 Å². The van der Waals surface area contributed by atoms with Crippen LogP contribution in [0.25, 0.3) is 0 Å². The van der Waals surface area contributed by atoms with E-state index in [0.29, 0.717) is 5.73 Å². The Morgan fingerprint density at radius 1 is 1.25 bits per heavy atom. The van der Waals surface area contributed by atoms with Gasteiger partial charge in [0, 0.05) is 6.61 Å². The molecule has 0 bridgehead atoms. The highest BCUT2D eigenvalue weighted by molar-refractivity contribution is 6.74. The van der Waals surface area contributed by atoms with E-state index in [1.54, 1.807) is 5.19 Å². The van der Waals surface area contributed by atoms with Gasteiger partial charge in [0.25, 0.3) is 0 Å². The van der Waals surface area contributed by atoms with Crippen molar-refractivity contribution in [2.24, 2.45) is 0 Å². The van der Waals surface area contributed by atoms with Crippen molar-refractivity contribution < 1.29 is 4.74 Å². The fourth-order valence-electron chi connectivity index (χ4n) is 2.66. The van der Waals surface area contributed by atoms with E-state index in [-0.39, 0.29) is 0 Å². The summed E-state index contributed by atoms with van der Waals surface area (Å²) >= 11 is 0. The molecule has 1 heterocycles. The number of ether oxygens (including phenoxy) is 1. The molecule has 0 saturated carbocycles. The standard InChI is InChI=1S/C14H22OSi/c1-2-12-16(13-8-4-3-5-9-13)14-10-6-7-11-15-14/h3-5,8-9,14,16H,2,6-7,10-12H2,1H3. The third kappa shape index (κ3) is 2.95. The van der Waals surface area contributed by atoms with Crippen LogP contribution >= 0.6 is 0 Å². The fraction of sp³-hybridized carbons (Fsp3) is 0.571. The van der Waals surface area contributed by atoms with Gasteiger partial charge in [-0.05, 0) is 19.3 Å². The van der Waals surface area contributed by atoms with Crippen LogP contribution in [0.15, 0.2) is 30.3 Å². The SMILES string of the molecule is CCC[SiH](c1ccccc1)C1CCCCO1. The van der Waals surface area contributed by atoms with Gasteiger partial charge < -0.3 is 4.74 Å². The molecule has 1 aliphatic heterocycles. The van der Waals surface area contributed by atoms with Crippen LogP contribution in [-0.4, -0.2) is 21.1 Å². The predicted octanol–water partition coefficient (Wildman–Crippen LogP) is 2.64. The Balaban J connectivity index is 2.09. The lowest BCUT2D eigenvalue weighted by atomic mass is 10.2. The van der Waals surface area contributed by atoms with Gasteiger partial charge in [0.05, 0.1) is 5.73 Å². The van der Waals surface area contributed by atoms with E-state index in [4.69, 9.17) is 4.74 Å². The highest BCUT2D eigenvalue weighted by Crippen LogP contribution is 2.18. The van der Waals surface area contributed by atoms with E-state index in [2.05, 4.69) is 37.3 Å². The maximum absolute atomic E-state index is 6.01. The highest BCUT2D eigenvalue weighted by atomic mass is 28.3. The second-order valence-corrected chi connectivity index (χ2v) is 7.91. The van der Waals surface area contributed by atoms with Crippen molar-refractivity contribution in [2.45, 2.75) is 44.4 Å². The second kappa shape index (κ2) is 6.21. The zero-order valence-corrected chi connectivity index (χ0v) is 11.3. The first kappa shape index (κ1) is 11.9. The third-order valence-electron chi connectivity index (χ3n) is 3.49. The minimum atomic E-state index is -0.896. The normalized spacial score (nSPS) is 22.9. The number of benzene rings is 1. The highest BCUT2D eigenvalue weighted by Gasteiger charge is 2.26. The molecule has 1 aromatic carbocycles. The Morgan fingerprint density at radius 3 is 2.69 bits per heavy atom. The molecule has 1 aliphatic rings. The van der Waals surface area contributed by atoms with Gasteiger partial charge in [0.1, 0.15) is 8.80 Å². The van der Waals surface area contributed by atoms with Crippen molar-refractivity contribution >= 4 is 14.0 Å². The third-order valence-corrected chi connectivity index (χ3v) is 7.36. The van der Waals surface area contributed by atoms with Crippen LogP contribution in [0, 0.1) is 0 Å². The Kier molecular flexibility index (Phi) is 4.61. The average Bonchev–Trinajstić information content (AvgIpc) is 2.38. The number of hydrogen-bond acceptors (Lipinski definition) is 1. The summed E-state index contributed by atoms with van der Waals surface area (Å²) in [5, 5.41) is 1.59. The van der Waals surface area contributed by atoms with E-state index in [9.17, 15) is 0 Å². The predicted molar refractivity (Wildman–Crippen MR) is 71.9 cm³/mol. The summed E-state index contributed by atoms with van der Waals surface area (Å²) < 4.78 is 6.01. The molecule has 1 saturated heterocycles. The van der Waals surface area contributed by atoms with Crippen molar-refractivity contribution in [3.8, 4) is 0 Å². The second-order valence-electron chi connectivity index (χ2n) is 4.71. The van der Waals surface area contributed by atoms with E-state index in [0.717, 1.165) is 6.61 Å². The van der Waals surface area contributed by atoms with Crippen LogP contribution in [0.3, 0.4) is 0 Å². The van der Waals surface area contributed by atoms with Gasteiger partial charge in [0.2, 0.25) is 0 Å². The van der Waals surface area contributed by atoms with E-state index in [1.807, 2.05) is 0 Å². The molecular weight excluding hydrogens is 212 g/mol. The maximum Gasteiger partial charge on any atom is 0.104 e. The summed E-state index contributed by atoms with van der Waals surface area (Å²) in [6.07, 6.45) is 5.22. The Morgan fingerprint density at radius 2 is 2.06 bits per heavy atom. The van der Waals surface area contributed by atoms with Crippen LogP contribution in [0.4, 0.5) is 0 Å². The fourth-order valence-corrected chi connectivity index (χ4v) is 6.14. The van der Waals surface area contributed by atoms with Gasteiger partial charge >= 0.3 is 0 Å². The molecular formula is C14H22OSi. The topological polar surface area (TPSA) is 9.23 Å². The molecule has 0 radical (unpaired) electrons. The quantitative estimate of drug-likeness (QED) is 0.728. The molecule has 88 valence electrons. The number of rotatable bonds is 4. The van der Waals surface area contributed by atoms with Crippen LogP contribution < -0.4 is 5.19 Å². The summed E-state index contributed by atoms with van der Waals surface area (Å²) in [6.45, 7) is 3.29. The summed E-state index contributed by atoms with van der Waals surface area (Å²) in [7, 11) is -0.896. The monoisotopic (exact) mass is 234 g/mol. The van der Waals surface area contributed by atoms with E-state index < -0.39 is 8.80 Å². The van der Waals surface area contributed by atoms with Crippen LogP contribution in [0.5, 0.6) is 0 Å². The molecule has 0 N–H and O–H groups in total. The summed E-state index contributed by atoms with van der Waals surface area (Å²) in [4.78, 5) is 0. The van der Waals surface area contributed by atoms with Gasteiger partial charge in [-0.1, -0.05) is 54.9 Å². The molecule has 0 amide bonds. The lowest BCUT2D eigenvalue weighted by Crippen LogP contribution is -2.45. The first-order chi connectivity index (χ1) is 7.92. The molecule has 2 heteroatoms. The first-order valence-electron chi connectivity index (χ1n) is 6.58. The maximum atomic E-state index is 6.01. The van der Waals surface area contributed by atoms with Crippen LogP contribution in [-0.2, 0) is 4.74 Å². The van der Waals surface area contributed by atoms with Crippen molar-refractivity contribution in [1.29, 1.82) is 0 Å². The molecule has 1 fully saturated rings. The first-order valence-corrected chi connectivity index (χ1v) is 8.64. The van der Waals surface area contributed by atoms with Crippen LogP contribution in [0.2, 0.25) is 6.04 Å². The summed E-state index contributed by atoms with van der Waals surface area (Å²) in [5.41, 5.74) is 0.594. The molecule has 2 rings (SSSR count). The van der Waals surface area contributed by atoms with Crippen molar-refractivity contribution in [1.82, 2.24) is 0 Å². The van der Waals surface area contributed by atoms with Crippen molar-refractivity contribution in [3.05, 3.63) is 30.3 Å². The average molecular weight is 234 g/mol. The van der Waals surface area contributed by atoms with E-state index >= 15 is 0 Å². The lowest BCUT2D eigenvalue weighted by molar-refractivity contribution is 0.0632. The lowest BCUT2D eigenvalue weighted by Gasteiger charge is -2.29. The Hall–Kier alpha value is -0.603. The van der Waals surface area contributed by atoms with Gasteiger partial charge in [-0.25, -0.2) is 0 Å². The molecule has 2 unspecified atom stereocenters. The molecule has 2 atom stereocenters. The largest absolute Gasteiger partial charge is 0.382 e. The molecule has 0 aromatic heterocycles. The van der Waals surface area contributed by atoms with Gasteiger partial charge in [-0.2, -0.15) is 0 Å². The molecule has 1 nitrogen and oxygen atoms in total. The molecule has 1 aromatic rings. The molecule has 0 spiro atoms. The Labute approximate surface area is 100 Å². The van der Waals surface area contributed by atoms with Crippen molar-refractivity contribution in [2.75, 3.05) is 6.61 Å². The smallest absolute Gasteiger partial charge is 0.104 e. The van der Waals surface area contributed by atoms with Gasteiger partial charge in [0.15, 0.2) is 0 Å². The molecule has 0 aliphatic carbocycles. The van der Waals surface area contributed by atoms with E-state index in [1.165, 1.54) is 31.7 Å². The van der Waals surface area contributed by atoms with Gasteiger partial charge in [-0.15, -0.1) is 0 Å². The van der Waals surface area contributed by atoms with Crippen molar-refractivity contribution in [3.63, 3.8) is 0 Å². The minimum Gasteiger partial charge on any atom is -0.382 e. The zero-order chi connectivity index (χ0) is 11.2. The number of hydrogen-bond donors (Lipinski definition) is 0. The minimum absolute atomic E-state index is 0.594. The summed E-state index contributed by atoms with van der Waals surface area (Å²) in [6, 6.07) is 12.5. The zero-order valence-electron chi connectivity index (χ0n) is 10.2. The molecule has 16 heavy (non-hydrogen) atoms. The van der Waals surface area contributed by atoms with Crippen LogP contribution in [0.1, 0.15) is 32.6 Å². The Bertz CT molecular complexity index is 293. The summed E-state index contributed by atoms with van der Waals surface area (Å²) in [5.74, 6) is 0.